The largest absolute Gasteiger partial charge is 0.367 e. The number of hydrogen-bond donors (Lipinski definition) is 1. The second-order valence-electron chi connectivity index (χ2n) is 6.83. The van der Waals surface area contributed by atoms with Crippen LogP contribution in [0.5, 0.6) is 0 Å². The molecule has 132 valence electrons. The van der Waals surface area contributed by atoms with Gasteiger partial charge in [0.15, 0.2) is 0 Å². The van der Waals surface area contributed by atoms with Crippen LogP contribution in [0.25, 0.3) is 10.9 Å². The summed E-state index contributed by atoms with van der Waals surface area (Å²) in [5.41, 5.74) is 0.995. The Hall–Kier alpha value is -2.96. The number of nitrogens with one attached hydrogen (secondary N) is 1. The number of piperazine rings is 1. The maximum absolute atomic E-state index is 4.86. The van der Waals surface area contributed by atoms with Crippen molar-refractivity contribution in [3.8, 4) is 0 Å². The van der Waals surface area contributed by atoms with Gasteiger partial charge in [-0.2, -0.15) is 4.98 Å². The molecule has 0 bridgehead atoms. The molecule has 1 aliphatic carbocycles. The van der Waals surface area contributed by atoms with Crippen LogP contribution in [0.4, 0.5) is 17.7 Å². The minimum Gasteiger partial charge on any atom is -0.367 e. The lowest BCUT2D eigenvalue weighted by Gasteiger charge is -2.34. The molecular formula is C19H21N7. The van der Waals surface area contributed by atoms with Gasteiger partial charge in [-0.05, 0) is 31.0 Å². The third-order valence-electron chi connectivity index (χ3n) is 4.91. The highest BCUT2D eigenvalue weighted by molar-refractivity contribution is 5.90. The average molecular weight is 347 g/mol. The first-order valence-corrected chi connectivity index (χ1v) is 9.17. The average Bonchev–Trinajstić information content (AvgIpc) is 3.53. The molecule has 0 spiro atoms. The maximum atomic E-state index is 4.86. The number of nitrogens with zero attached hydrogens (tertiary/aromatic N) is 6. The Labute approximate surface area is 152 Å². The SMILES string of the molecule is c1cnc(N2CCN(c3nc(NC4CC4)c4ccccc4n3)CC2)nc1. The third-order valence-corrected chi connectivity index (χ3v) is 4.91. The van der Waals surface area contributed by atoms with Gasteiger partial charge >= 0.3 is 0 Å². The van der Waals surface area contributed by atoms with Gasteiger partial charge in [0.05, 0.1) is 5.52 Å². The van der Waals surface area contributed by atoms with Gasteiger partial charge in [-0.1, -0.05) is 12.1 Å². The Morgan fingerprint density at radius 1 is 0.808 bits per heavy atom. The van der Waals surface area contributed by atoms with Crippen molar-refractivity contribution in [1.82, 2.24) is 19.9 Å². The summed E-state index contributed by atoms with van der Waals surface area (Å²) in [7, 11) is 0. The lowest BCUT2D eigenvalue weighted by atomic mass is 10.2. The lowest BCUT2D eigenvalue weighted by Crippen LogP contribution is -2.47. The molecule has 26 heavy (non-hydrogen) atoms. The minimum atomic E-state index is 0.563. The van der Waals surface area contributed by atoms with E-state index < -0.39 is 0 Å². The third kappa shape index (κ3) is 3.00. The van der Waals surface area contributed by atoms with Crippen LogP contribution in [-0.2, 0) is 0 Å². The lowest BCUT2D eigenvalue weighted by molar-refractivity contribution is 0.629. The Balaban J connectivity index is 1.39. The van der Waals surface area contributed by atoms with E-state index in [2.05, 4.69) is 37.2 Å². The summed E-state index contributed by atoms with van der Waals surface area (Å²) in [5, 5.41) is 4.66. The van der Waals surface area contributed by atoms with Gasteiger partial charge in [0.2, 0.25) is 11.9 Å². The number of anilines is 3. The fraction of sp³-hybridized carbons (Fsp3) is 0.368. The number of hydrogen-bond acceptors (Lipinski definition) is 7. The Kier molecular flexibility index (Phi) is 3.77. The molecular weight excluding hydrogens is 326 g/mol. The second kappa shape index (κ2) is 6.40. The predicted octanol–water partition coefficient (Wildman–Crippen LogP) is 2.32. The van der Waals surface area contributed by atoms with Crippen LogP contribution >= 0.6 is 0 Å². The number of para-hydroxylation sites is 1. The summed E-state index contributed by atoms with van der Waals surface area (Å²) >= 11 is 0. The number of aromatic nitrogens is 4. The van der Waals surface area contributed by atoms with Gasteiger partial charge in [-0.25, -0.2) is 15.0 Å². The summed E-state index contributed by atoms with van der Waals surface area (Å²) in [6.45, 7) is 3.45. The van der Waals surface area contributed by atoms with Crippen molar-refractivity contribution in [2.24, 2.45) is 0 Å². The number of fused-ring (bicyclic) bond motifs is 1. The first-order chi connectivity index (χ1) is 12.9. The van der Waals surface area contributed by atoms with Crippen molar-refractivity contribution in [3.05, 3.63) is 42.7 Å². The standard InChI is InChI=1S/C19H21N7/c1-2-5-16-15(4-1)17(22-14-6-7-14)24-19(23-16)26-12-10-25(11-13-26)18-20-8-3-9-21-18/h1-5,8-9,14H,6-7,10-13H2,(H,22,23,24). The summed E-state index contributed by atoms with van der Waals surface area (Å²) in [6.07, 6.45) is 6.03. The molecule has 1 saturated heterocycles. The van der Waals surface area contributed by atoms with Gasteiger partial charge in [0, 0.05) is 50.0 Å². The topological polar surface area (TPSA) is 70.1 Å². The molecule has 3 aromatic rings. The van der Waals surface area contributed by atoms with E-state index in [-0.39, 0.29) is 0 Å². The normalized spacial score (nSPS) is 17.5. The molecule has 3 heterocycles. The van der Waals surface area contributed by atoms with Crippen LogP contribution in [-0.4, -0.2) is 52.2 Å². The molecule has 0 unspecified atom stereocenters. The van der Waals surface area contributed by atoms with Crippen LogP contribution in [0, 0.1) is 0 Å². The van der Waals surface area contributed by atoms with E-state index in [4.69, 9.17) is 9.97 Å². The molecule has 1 aromatic carbocycles. The highest BCUT2D eigenvalue weighted by Crippen LogP contribution is 2.29. The summed E-state index contributed by atoms with van der Waals surface area (Å²) in [5.74, 6) is 2.56. The van der Waals surface area contributed by atoms with Crippen molar-refractivity contribution >= 4 is 28.6 Å². The van der Waals surface area contributed by atoms with Crippen molar-refractivity contribution in [2.45, 2.75) is 18.9 Å². The van der Waals surface area contributed by atoms with Gasteiger partial charge in [0.25, 0.3) is 0 Å². The van der Waals surface area contributed by atoms with E-state index in [1.165, 1.54) is 12.8 Å². The molecule has 0 radical (unpaired) electrons. The van der Waals surface area contributed by atoms with Gasteiger partial charge in [-0.3, -0.25) is 0 Å². The Morgan fingerprint density at radius 3 is 2.23 bits per heavy atom. The zero-order chi connectivity index (χ0) is 17.3. The highest BCUT2D eigenvalue weighted by Gasteiger charge is 2.25. The molecule has 0 atom stereocenters. The van der Waals surface area contributed by atoms with Gasteiger partial charge in [-0.15, -0.1) is 0 Å². The van der Waals surface area contributed by atoms with Crippen LogP contribution in [0.2, 0.25) is 0 Å². The fourth-order valence-corrected chi connectivity index (χ4v) is 3.30. The number of rotatable bonds is 4. The molecule has 2 aromatic heterocycles. The van der Waals surface area contributed by atoms with Crippen molar-refractivity contribution in [3.63, 3.8) is 0 Å². The second-order valence-corrected chi connectivity index (χ2v) is 6.83. The van der Waals surface area contributed by atoms with Gasteiger partial charge in [0.1, 0.15) is 5.82 Å². The fourth-order valence-electron chi connectivity index (χ4n) is 3.30. The van der Waals surface area contributed by atoms with Crippen LogP contribution in [0.1, 0.15) is 12.8 Å². The molecule has 7 heteroatoms. The first-order valence-electron chi connectivity index (χ1n) is 9.17. The van der Waals surface area contributed by atoms with E-state index in [1.807, 2.05) is 18.2 Å². The van der Waals surface area contributed by atoms with Crippen LogP contribution in [0.15, 0.2) is 42.7 Å². The molecule has 5 rings (SSSR count). The Bertz CT molecular complexity index is 902. The summed E-state index contributed by atoms with van der Waals surface area (Å²) in [6, 6.07) is 10.6. The summed E-state index contributed by atoms with van der Waals surface area (Å²) in [4.78, 5) is 22.8. The van der Waals surface area contributed by atoms with E-state index in [0.717, 1.165) is 54.8 Å². The smallest absolute Gasteiger partial charge is 0.228 e. The molecule has 2 aliphatic rings. The molecule has 7 nitrogen and oxygen atoms in total. The zero-order valence-corrected chi connectivity index (χ0v) is 14.5. The number of benzene rings is 1. The molecule has 2 fully saturated rings. The summed E-state index contributed by atoms with van der Waals surface area (Å²) < 4.78 is 0. The molecule has 1 saturated carbocycles. The molecule has 1 aliphatic heterocycles. The monoisotopic (exact) mass is 347 g/mol. The molecule has 1 N–H and O–H groups in total. The zero-order valence-electron chi connectivity index (χ0n) is 14.5. The van der Waals surface area contributed by atoms with E-state index in [0.29, 0.717) is 6.04 Å². The van der Waals surface area contributed by atoms with Crippen molar-refractivity contribution < 1.29 is 0 Å². The van der Waals surface area contributed by atoms with E-state index in [1.54, 1.807) is 12.4 Å². The quantitative estimate of drug-likeness (QED) is 0.776. The Morgan fingerprint density at radius 2 is 1.50 bits per heavy atom. The van der Waals surface area contributed by atoms with Gasteiger partial charge < -0.3 is 15.1 Å². The predicted molar refractivity (Wildman–Crippen MR) is 103 cm³/mol. The van der Waals surface area contributed by atoms with Crippen LogP contribution < -0.4 is 15.1 Å². The maximum Gasteiger partial charge on any atom is 0.228 e. The van der Waals surface area contributed by atoms with Crippen LogP contribution in [0.3, 0.4) is 0 Å². The molecule has 0 amide bonds. The van der Waals surface area contributed by atoms with E-state index in [9.17, 15) is 0 Å². The highest BCUT2D eigenvalue weighted by atomic mass is 15.4. The van der Waals surface area contributed by atoms with Crippen molar-refractivity contribution in [1.29, 1.82) is 0 Å². The first kappa shape index (κ1) is 15.3. The van der Waals surface area contributed by atoms with E-state index >= 15 is 0 Å². The van der Waals surface area contributed by atoms with Crippen molar-refractivity contribution in [2.75, 3.05) is 41.3 Å². The minimum absolute atomic E-state index is 0.563.